The number of hydrogen-bond donors (Lipinski definition) is 2. The highest BCUT2D eigenvalue weighted by Gasteiger charge is 2.07. The van der Waals surface area contributed by atoms with Crippen molar-refractivity contribution in [2.24, 2.45) is 5.73 Å². The second-order valence-corrected chi connectivity index (χ2v) is 3.32. The minimum absolute atomic E-state index is 0.132. The molecule has 0 aromatic heterocycles. The maximum atomic E-state index is 9.44. The van der Waals surface area contributed by atoms with Crippen LogP contribution in [0.15, 0.2) is 22.7 Å². The third kappa shape index (κ3) is 1.73. The molecule has 1 atom stereocenters. The molecule has 0 unspecified atom stereocenters. The van der Waals surface area contributed by atoms with Gasteiger partial charge >= 0.3 is 0 Å². The normalized spacial score (nSPS) is 13.0. The summed E-state index contributed by atoms with van der Waals surface area (Å²) in [4.78, 5) is 0. The van der Waals surface area contributed by atoms with Crippen LogP contribution in [-0.4, -0.2) is 5.11 Å². The standard InChI is InChI=1S/C8H10BrNO/c1-5(10)6-3-2-4-7(9)8(6)11/h2-5,11H,10H2,1H3/t5-/m0/s1. The van der Waals surface area contributed by atoms with E-state index in [1.165, 1.54) is 0 Å². The van der Waals surface area contributed by atoms with E-state index < -0.39 is 0 Å². The van der Waals surface area contributed by atoms with E-state index in [0.29, 0.717) is 4.47 Å². The van der Waals surface area contributed by atoms with E-state index in [2.05, 4.69) is 15.9 Å². The molecular weight excluding hydrogens is 206 g/mol. The number of benzene rings is 1. The molecule has 3 heteroatoms. The molecular formula is C8H10BrNO. The SMILES string of the molecule is C[C@H](N)c1cccc(Br)c1O. The summed E-state index contributed by atoms with van der Waals surface area (Å²) in [5.74, 6) is 0.238. The predicted octanol–water partition coefficient (Wildman–Crippen LogP) is 2.17. The molecule has 11 heavy (non-hydrogen) atoms. The van der Waals surface area contributed by atoms with Gasteiger partial charge in [0.25, 0.3) is 0 Å². The van der Waals surface area contributed by atoms with Gasteiger partial charge in [-0.3, -0.25) is 0 Å². The van der Waals surface area contributed by atoms with Crippen molar-refractivity contribution in [2.45, 2.75) is 13.0 Å². The maximum Gasteiger partial charge on any atom is 0.134 e. The van der Waals surface area contributed by atoms with Crippen molar-refractivity contribution in [2.75, 3.05) is 0 Å². The van der Waals surface area contributed by atoms with Crippen LogP contribution in [-0.2, 0) is 0 Å². The quantitative estimate of drug-likeness (QED) is 0.755. The Morgan fingerprint density at radius 1 is 1.55 bits per heavy atom. The van der Waals surface area contributed by atoms with Gasteiger partial charge in [0.05, 0.1) is 4.47 Å². The van der Waals surface area contributed by atoms with E-state index in [1.807, 2.05) is 19.1 Å². The fourth-order valence-electron chi connectivity index (χ4n) is 0.899. The molecule has 0 aliphatic heterocycles. The van der Waals surface area contributed by atoms with E-state index in [0.717, 1.165) is 5.56 Å². The predicted molar refractivity (Wildman–Crippen MR) is 48.4 cm³/mol. The van der Waals surface area contributed by atoms with Gasteiger partial charge in [0.15, 0.2) is 0 Å². The van der Waals surface area contributed by atoms with Gasteiger partial charge in [-0.25, -0.2) is 0 Å². The molecule has 0 heterocycles. The van der Waals surface area contributed by atoms with Gasteiger partial charge in [-0.2, -0.15) is 0 Å². The van der Waals surface area contributed by atoms with Crippen molar-refractivity contribution in [3.8, 4) is 5.75 Å². The summed E-state index contributed by atoms with van der Waals surface area (Å²) >= 11 is 3.21. The molecule has 0 saturated heterocycles. The minimum Gasteiger partial charge on any atom is -0.506 e. The van der Waals surface area contributed by atoms with Crippen molar-refractivity contribution in [3.05, 3.63) is 28.2 Å². The average molecular weight is 216 g/mol. The van der Waals surface area contributed by atoms with Gasteiger partial charge < -0.3 is 10.8 Å². The summed E-state index contributed by atoms with van der Waals surface area (Å²) in [7, 11) is 0. The first-order valence-corrected chi connectivity index (χ1v) is 4.15. The van der Waals surface area contributed by atoms with Crippen LogP contribution < -0.4 is 5.73 Å². The number of halogens is 1. The van der Waals surface area contributed by atoms with Crippen LogP contribution in [0.3, 0.4) is 0 Å². The average Bonchev–Trinajstić information content (AvgIpc) is 1.94. The maximum absolute atomic E-state index is 9.44. The molecule has 60 valence electrons. The van der Waals surface area contributed by atoms with Gasteiger partial charge in [0, 0.05) is 11.6 Å². The Balaban J connectivity index is 3.17. The largest absolute Gasteiger partial charge is 0.506 e. The molecule has 1 aromatic carbocycles. The molecule has 0 bridgehead atoms. The van der Waals surface area contributed by atoms with Crippen LogP contribution in [0.2, 0.25) is 0 Å². The van der Waals surface area contributed by atoms with Crippen LogP contribution in [0, 0.1) is 0 Å². The van der Waals surface area contributed by atoms with Crippen LogP contribution in [0.5, 0.6) is 5.75 Å². The lowest BCUT2D eigenvalue weighted by Gasteiger charge is -2.08. The second-order valence-electron chi connectivity index (χ2n) is 2.47. The van der Waals surface area contributed by atoms with Gasteiger partial charge in [-0.1, -0.05) is 12.1 Å². The van der Waals surface area contributed by atoms with E-state index in [9.17, 15) is 5.11 Å². The number of para-hydroxylation sites is 1. The molecule has 0 radical (unpaired) electrons. The Kier molecular flexibility index (Phi) is 2.52. The van der Waals surface area contributed by atoms with Gasteiger partial charge in [0.2, 0.25) is 0 Å². The Bertz CT molecular complexity index is 260. The first kappa shape index (κ1) is 8.56. The monoisotopic (exact) mass is 215 g/mol. The molecule has 0 saturated carbocycles. The molecule has 0 spiro atoms. The lowest BCUT2D eigenvalue weighted by molar-refractivity contribution is 0.460. The van der Waals surface area contributed by atoms with Crippen LogP contribution in [0.4, 0.5) is 0 Å². The number of nitrogens with two attached hydrogens (primary N) is 1. The molecule has 1 aromatic rings. The molecule has 0 fully saturated rings. The molecule has 0 amide bonds. The summed E-state index contributed by atoms with van der Waals surface area (Å²) in [6.45, 7) is 1.83. The number of hydrogen-bond acceptors (Lipinski definition) is 2. The first-order valence-electron chi connectivity index (χ1n) is 3.36. The number of phenolic OH excluding ortho intramolecular Hbond substituents is 1. The molecule has 0 aliphatic rings. The third-order valence-electron chi connectivity index (χ3n) is 1.51. The van der Waals surface area contributed by atoms with Crippen LogP contribution in [0.25, 0.3) is 0 Å². The number of phenols is 1. The van der Waals surface area contributed by atoms with Crippen molar-refractivity contribution >= 4 is 15.9 Å². The zero-order valence-corrected chi connectivity index (χ0v) is 7.80. The molecule has 3 N–H and O–H groups in total. The highest BCUT2D eigenvalue weighted by molar-refractivity contribution is 9.10. The highest BCUT2D eigenvalue weighted by Crippen LogP contribution is 2.30. The minimum atomic E-state index is -0.132. The van der Waals surface area contributed by atoms with Crippen molar-refractivity contribution in [1.29, 1.82) is 0 Å². The first-order chi connectivity index (χ1) is 5.13. The summed E-state index contributed by atoms with van der Waals surface area (Å²) in [6.07, 6.45) is 0. The van der Waals surface area contributed by atoms with Gasteiger partial charge in [-0.05, 0) is 28.9 Å². The van der Waals surface area contributed by atoms with Gasteiger partial charge in [0.1, 0.15) is 5.75 Å². The van der Waals surface area contributed by atoms with Gasteiger partial charge in [-0.15, -0.1) is 0 Å². The summed E-state index contributed by atoms with van der Waals surface area (Å²) in [5.41, 5.74) is 6.37. The van der Waals surface area contributed by atoms with Crippen molar-refractivity contribution in [1.82, 2.24) is 0 Å². The Labute approximate surface area is 74.2 Å². The van der Waals surface area contributed by atoms with Crippen LogP contribution in [0.1, 0.15) is 18.5 Å². The Morgan fingerprint density at radius 2 is 2.18 bits per heavy atom. The summed E-state index contributed by atoms with van der Waals surface area (Å²) in [6, 6.07) is 5.31. The Hall–Kier alpha value is -0.540. The fourth-order valence-corrected chi connectivity index (χ4v) is 1.28. The molecule has 0 aliphatic carbocycles. The zero-order valence-electron chi connectivity index (χ0n) is 6.21. The van der Waals surface area contributed by atoms with E-state index in [4.69, 9.17) is 5.73 Å². The number of rotatable bonds is 1. The highest BCUT2D eigenvalue weighted by atomic mass is 79.9. The second kappa shape index (κ2) is 3.24. The third-order valence-corrected chi connectivity index (χ3v) is 2.15. The smallest absolute Gasteiger partial charge is 0.134 e. The van der Waals surface area contributed by atoms with Crippen molar-refractivity contribution in [3.63, 3.8) is 0 Å². The summed E-state index contributed by atoms with van der Waals surface area (Å²) in [5, 5.41) is 9.44. The Morgan fingerprint density at radius 3 is 2.64 bits per heavy atom. The molecule has 2 nitrogen and oxygen atoms in total. The van der Waals surface area contributed by atoms with Crippen LogP contribution >= 0.6 is 15.9 Å². The van der Waals surface area contributed by atoms with Crippen molar-refractivity contribution < 1.29 is 5.11 Å². The lowest BCUT2D eigenvalue weighted by Crippen LogP contribution is -2.04. The van der Waals surface area contributed by atoms with E-state index in [-0.39, 0.29) is 11.8 Å². The summed E-state index contributed by atoms with van der Waals surface area (Å²) < 4.78 is 0.687. The zero-order chi connectivity index (χ0) is 8.43. The van der Waals surface area contributed by atoms with E-state index >= 15 is 0 Å². The fraction of sp³-hybridized carbons (Fsp3) is 0.250. The number of aromatic hydroxyl groups is 1. The van der Waals surface area contributed by atoms with E-state index in [1.54, 1.807) is 6.07 Å². The topological polar surface area (TPSA) is 46.2 Å². The molecule has 1 rings (SSSR count). The lowest BCUT2D eigenvalue weighted by atomic mass is 10.1.